The van der Waals surface area contributed by atoms with Gasteiger partial charge in [-0.1, -0.05) is 42.3 Å². The van der Waals surface area contributed by atoms with Crippen LogP contribution in [0.15, 0.2) is 66.9 Å². The second-order valence-corrected chi connectivity index (χ2v) is 12.2. The third-order valence-electron chi connectivity index (χ3n) is 7.35. The largest absolute Gasteiger partial charge is 0.494 e. The molecule has 5 rings (SSSR count). The molecule has 1 aromatic heterocycles. The number of fused-ring (bicyclic) bond motifs is 1. The lowest BCUT2D eigenvalue weighted by Gasteiger charge is -2.50. The first kappa shape index (κ1) is 29.7. The van der Waals surface area contributed by atoms with Crippen LogP contribution < -0.4 is 10.1 Å². The smallest absolute Gasteiger partial charge is 0.156 e. The molecular weight excluding hydrogens is 551 g/mol. The first-order valence-corrected chi connectivity index (χ1v) is 14.5. The fraction of sp³-hybridized carbons (Fsp3) is 0.393. The van der Waals surface area contributed by atoms with Crippen LogP contribution in [0, 0.1) is 0 Å². The Morgan fingerprint density at radius 2 is 1.84 bits per heavy atom. The molecule has 3 aromatic rings. The van der Waals surface area contributed by atoms with Gasteiger partial charge in [0.25, 0.3) is 0 Å². The summed E-state index contributed by atoms with van der Waals surface area (Å²) in [5.74, 6) is 0.843. The van der Waals surface area contributed by atoms with E-state index in [0.717, 1.165) is 36.6 Å². The van der Waals surface area contributed by atoms with Gasteiger partial charge in [-0.05, 0) is 85.3 Å². The second-order valence-electron chi connectivity index (χ2n) is 9.63. The monoisotopic (exact) mass is 582 g/mol. The number of nitrogens with one attached hydrogen (secondary N) is 1. The molecule has 200 valence electrons. The van der Waals surface area contributed by atoms with Crippen molar-refractivity contribution >= 4 is 46.3 Å². The summed E-state index contributed by atoms with van der Waals surface area (Å²) in [6.07, 6.45) is 6.57. The highest BCUT2D eigenvalue weighted by molar-refractivity contribution is 7.90. The second kappa shape index (κ2) is 12.8. The zero-order chi connectivity index (χ0) is 24.3. The number of benzene rings is 2. The number of aromatic nitrogens is 1. The van der Waals surface area contributed by atoms with Crippen molar-refractivity contribution in [3.8, 4) is 5.75 Å². The molecule has 2 aromatic carbocycles. The molecule has 37 heavy (non-hydrogen) atoms. The van der Waals surface area contributed by atoms with Crippen LogP contribution in [0.5, 0.6) is 5.75 Å². The lowest BCUT2D eigenvalue weighted by atomic mass is 9.58. The Balaban J connectivity index is 0.00000190. The molecular formula is C28H33Cl3N2O3S. The van der Waals surface area contributed by atoms with Crippen molar-refractivity contribution in [2.75, 3.05) is 18.9 Å². The third-order valence-corrected chi connectivity index (χ3v) is 9.25. The maximum Gasteiger partial charge on any atom is 0.156 e. The topological polar surface area (TPSA) is 68.3 Å². The van der Waals surface area contributed by atoms with Crippen molar-refractivity contribution in [3.63, 3.8) is 0 Å². The van der Waals surface area contributed by atoms with Gasteiger partial charge in [-0.15, -0.1) is 24.8 Å². The first-order valence-electron chi connectivity index (χ1n) is 12.3. The highest BCUT2D eigenvalue weighted by Crippen LogP contribution is 2.53. The molecule has 0 radical (unpaired) electrons. The number of rotatable bonds is 9. The predicted molar refractivity (Wildman–Crippen MR) is 154 cm³/mol. The molecule has 1 saturated carbocycles. The maximum absolute atomic E-state index is 12.4. The van der Waals surface area contributed by atoms with Crippen LogP contribution in [0.3, 0.4) is 0 Å². The van der Waals surface area contributed by atoms with Crippen LogP contribution in [-0.4, -0.2) is 32.3 Å². The number of hydrogen-bond donors (Lipinski definition) is 1. The van der Waals surface area contributed by atoms with E-state index < -0.39 is 9.84 Å². The average Bonchev–Trinajstić information content (AvgIpc) is 2.83. The van der Waals surface area contributed by atoms with Gasteiger partial charge in [0.05, 0.1) is 23.8 Å². The molecule has 2 aliphatic rings. The molecule has 0 bridgehead atoms. The molecule has 1 N–H and O–H groups in total. The summed E-state index contributed by atoms with van der Waals surface area (Å²) in [5.41, 5.74) is 4.64. The molecule has 0 spiro atoms. The molecule has 1 atom stereocenters. The van der Waals surface area contributed by atoms with Gasteiger partial charge in [0.2, 0.25) is 0 Å². The molecule has 5 nitrogen and oxygen atoms in total. The summed E-state index contributed by atoms with van der Waals surface area (Å²) in [6, 6.07) is 20.2. The van der Waals surface area contributed by atoms with Gasteiger partial charge in [0, 0.05) is 22.7 Å². The molecule has 9 heteroatoms. The van der Waals surface area contributed by atoms with Crippen LogP contribution in [0.1, 0.15) is 54.1 Å². The van der Waals surface area contributed by atoms with E-state index in [9.17, 15) is 8.42 Å². The Morgan fingerprint density at radius 3 is 2.51 bits per heavy atom. The van der Waals surface area contributed by atoms with E-state index >= 15 is 0 Å². The predicted octanol–water partition coefficient (Wildman–Crippen LogP) is 6.27. The number of ether oxygens (including phenoxy) is 1. The highest BCUT2D eigenvalue weighted by Gasteiger charge is 2.47. The fourth-order valence-electron chi connectivity index (χ4n) is 5.45. The van der Waals surface area contributed by atoms with Gasteiger partial charge in [-0.3, -0.25) is 4.98 Å². The van der Waals surface area contributed by atoms with E-state index in [1.54, 1.807) is 24.4 Å². The van der Waals surface area contributed by atoms with Crippen LogP contribution in [0.25, 0.3) is 0 Å². The number of nitrogens with zero attached hydrogens (tertiary/aromatic N) is 1. The Kier molecular flexibility index (Phi) is 10.3. The van der Waals surface area contributed by atoms with Gasteiger partial charge in [0.15, 0.2) is 9.84 Å². The molecule has 1 aliphatic heterocycles. The van der Waals surface area contributed by atoms with E-state index in [-0.39, 0.29) is 47.8 Å². The Morgan fingerprint density at radius 1 is 1.05 bits per heavy atom. The summed E-state index contributed by atoms with van der Waals surface area (Å²) in [7, 11) is -3.22. The van der Waals surface area contributed by atoms with Crippen molar-refractivity contribution in [1.29, 1.82) is 0 Å². The zero-order valence-corrected chi connectivity index (χ0v) is 23.8. The van der Waals surface area contributed by atoms with Crippen LogP contribution in [-0.2, 0) is 27.4 Å². The summed E-state index contributed by atoms with van der Waals surface area (Å²) >= 11 is 6.17. The van der Waals surface area contributed by atoms with E-state index in [1.165, 1.54) is 23.1 Å². The van der Waals surface area contributed by atoms with Crippen molar-refractivity contribution in [1.82, 2.24) is 10.3 Å². The Hall–Kier alpha value is -1.83. The Labute approximate surface area is 237 Å². The van der Waals surface area contributed by atoms with Gasteiger partial charge in [-0.2, -0.15) is 0 Å². The summed E-state index contributed by atoms with van der Waals surface area (Å²) in [4.78, 5) is 4.12. The lowest BCUT2D eigenvalue weighted by Crippen LogP contribution is -2.49. The normalized spacial score (nSPS) is 17.9. The van der Waals surface area contributed by atoms with Crippen molar-refractivity contribution < 1.29 is 13.2 Å². The minimum Gasteiger partial charge on any atom is -0.494 e. The molecule has 1 aliphatic carbocycles. The van der Waals surface area contributed by atoms with Crippen molar-refractivity contribution in [2.45, 2.75) is 49.3 Å². The molecule has 2 heterocycles. The number of hydrogen-bond acceptors (Lipinski definition) is 5. The van der Waals surface area contributed by atoms with Gasteiger partial charge in [0.1, 0.15) is 5.75 Å². The number of halogens is 3. The quantitative estimate of drug-likeness (QED) is 0.301. The van der Waals surface area contributed by atoms with Crippen LogP contribution >= 0.6 is 36.4 Å². The minimum absolute atomic E-state index is 0. The van der Waals surface area contributed by atoms with Gasteiger partial charge < -0.3 is 10.1 Å². The summed E-state index contributed by atoms with van der Waals surface area (Å²) < 4.78 is 30.9. The highest BCUT2D eigenvalue weighted by atomic mass is 35.5. The first-order chi connectivity index (χ1) is 17.0. The van der Waals surface area contributed by atoms with Crippen LogP contribution in [0.4, 0.5) is 0 Å². The maximum atomic E-state index is 12.4. The molecule has 1 unspecified atom stereocenters. The van der Waals surface area contributed by atoms with Gasteiger partial charge in [-0.25, -0.2) is 8.42 Å². The van der Waals surface area contributed by atoms with Crippen molar-refractivity contribution in [3.05, 3.63) is 94.3 Å². The summed E-state index contributed by atoms with van der Waals surface area (Å²) in [5, 5.41) is 4.56. The molecule has 0 amide bonds. The third kappa shape index (κ3) is 6.79. The summed E-state index contributed by atoms with van der Waals surface area (Å²) in [6.45, 7) is 1.32. The standard InChI is InChI=1S/C28H31ClN2O3S.2ClH/c29-23-9-7-22(8-10-23)28(13-3-14-28)27-26-19-25(11-6-21(26)12-16-31-27)34-17-4-18-35(32,33)20-24-5-1-2-15-30-24;;/h1-2,5-11,15,19,27,31H,3-4,12-14,16-18,20H2;2*1H. The van der Waals surface area contributed by atoms with Crippen molar-refractivity contribution in [2.24, 2.45) is 0 Å². The van der Waals surface area contributed by atoms with Crippen LogP contribution in [0.2, 0.25) is 5.02 Å². The SMILES string of the molecule is Cl.Cl.O=S(=O)(CCCOc1ccc2c(c1)C(C1(c3ccc(Cl)cc3)CCC1)NCC2)Cc1ccccn1. The van der Waals surface area contributed by atoms with Gasteiger partial charge >= 0.3 is 0 Å². The molecule has 0 saturated heterocycles. The number of pyridine rings is 1. The molecule has 1 fully saturated rings. The van der Waals surface area contributed by atoms with E-state index in [4.69, 9.17) is 16.3 Å². The minimum atomic E-state index is -3.22. The number of sulfone groups is 1. The van der Waals surface area contributed by atoms with E-state index in [1.807, 2.05) is 18.2 Å². The van der Waals surface area contributed by atoms with E-state index in [0.29, 0.717) is 18.7 Å². The van der Waals surface area contributed by atoms with E-state index in [2.05, 4.69) is 34.6 Å². The lowest BCUT2D eigenvalue weighted by molar-refractivity contribution is 0.164. The average molecular weight is 584 g/mol. The fourth-order valence-corrected chi connectivity index (χ4v) is 6.90. The zero-order valence-electron chi connectivity index (χ0n) is 20.6. The Bertz CT molecular complexity index is 1270.